The van der Waals surface area contributed by atoms with Crippen LogP contribution in [0.2, 0.25) is 0 Å². The number of hydrogen-bond acceptors (Lipinski definition) is 2. The van der Waals surface area contributed by atoms with Gasteiger partial charge >= 0.3 is 6.18 Å². The molecule has 0 radical (unpaired) electrons. The Hall–Kier alpha value is -1.91. The second kappa shape index (κ2) is 4.53. The van der Waals surface area contributed by atoms with Crippen LogP contribution in [0, 0.1) is 11.3 Å². The topological polar surface area (TPSA) is 56.6 Å². The number of aromatic nitrogens is 1. The van der Waals surface area contributed by atoms with Crippen LogP contribution in [0.25, 0.3) is 0 Å². The van der Waals surface area contributed by atoms with E-state index in [1.807, 2.05) is 0 Å². The Morgan fingerprint density at radius 3 is 2.41 bits per heavy atom. The van der Waals surface area contributed by atoms with E-state index in [1.54, 1.807) is 4.98 Å². The van der Waals surface area contributed by atoms with Gasteiger partial charge in [-0.15, -0.1) is 0 Å². The lowest BCUT2D eigenvalue weighted by Crippen LogP contribution is -2.25. The number of halogens is 5. The fourth-order valence-corrected chi connectivity index (χ4v) is 1.35. The molecule has 1 N–H and O–H groups in total. The summed E-state index contributed by atoms with van der Waals surface area (Å²) in [5.41, 5.74) is -5.55. The lowest BCUT2D eigenvalue weighted by Gasteiger charge is -2.13. The van der Waals surface area contributed by atoms with Crippen LogP contribution in [0.3, 0.4) is 0 Å². The first-order valence-electron chi connectivity index (χ1n) is 4.25. The Bertz CT molecular complexity index is 512. The van der Waals surface area contributed by atoms with E-state index in [1.165, 1.54) is 6.07 Å². The summed E-state index contributed by atoms with van der Waals surface area (Å²) in [6.07, 6.45) is -8.61. The van der Waals surface area contributed by atoms with E-state index in [2.05, 4.69) is 0 Å². The smallest absolute Gasteiger partial charge is 0.328 e. The molecule has 0 atom stereocenters. The molecule has 1 heterocycles. The molecule has 0 saturated carbocycles. The van der Waals surface area contributed by atoms with E-state index >= 15 is 0 Å². The predicted octanol–water partition coefficient (Wildman–Crippen LogP) is 2.40. The summed E-state index contributed by atoms with van der Waals surface area (Å²) >= 11 is 0. The highest BCUT2D eigenvalue weighted by molar-refractivity contribution is 5.36. The average Bonchev–Trinajstić information content (AvgIpc) is 2.18. The third-order valence-corrected chi connectivity index (χ3v) is 1.99. The standard InChI is InChI=1S/C9H5F5N2O/c10-7(11)5-4(1-2-15)3-16-8(17)6(5)9(12,13)14/h3,7H,1H2,(H,16,17). The summed E-state index contributed by atoms with van der Waals surface area (Å²) in [5, 5.41) is 8.32. The molecule has 1 aromatic rings. The van der Waals surface area contributed by atoms with Gasteiger partial charge in [0.2, 0.25) is 0 Å². The molecule has 0 aliphatic carbocycles. The molecule has 3 nitrogen and oxygen atoms in total. The summed E-state index contributed by atoms with van der Waals surface area (Å²) in [6, 6.07) is 1.45. The van der Waals surface area contributed by atoms with Gasteiger partial charge in [-0.3, -0.25) is 4.79 Å². The monoisotopic (exact) mass is 252 g/mol. The highest BCUT2D eigenvalue weighted by atomic mass is 19.4. The number of pyridine rings is 1. The predicted molar refractivity (Wildman–Crippen MR) is 46.3 cm³/mol. The molecular formula is C9H5F5N2O. The number of nitrogens with one attached hydrogen (secondary N) is 1. The van der Waals surface area contributed by atoms with Crippen molar-refractivity contribution in [3.63, 3.8) is 0 Å². The first-order chi connectivity index (χ1) is 7.79. The molecule has 92 valence electrons. The van der Waals surface area contributed by atoms with Gasteiger partial charge in [-0.05, 0) is 5.56 Å². The Kier molecular flexibility index (Phi) is 3.50. The minimum absolute atomic E-state index is 0.533. The van der Waals surface area contributed by atoms with Crippen molar-refractivity contribution in [3.8, 4) is 6.07 Å². The highest BCUT2D eigenvalue weighted by Crippen LogP contribution is 2.35. The molecule has 0 bridgehead atoms. The van der Waals surface area contributed by atoms with Crippen molar-refractivity contribution in [1.82, 2.24) is 4.98 Å². The highest BCUT2D eigenvalue weighted by Gasteiger charge is 2.40. The zero-order valence-electron chi connectivity index (χ0n) is 8.11. The minimum Gasteiger partial charge on any atom is -0.328 e. The molecule has 0 amide bonds. The van der Waals surface area contributed by atoms with Crippen LogP contribution in [-0.2, 0) is 12.6 Å². The Labute approximate surface area is 91.5 Å². The number of hydrogen-bond donors (Lipinski definition) is 1. The largest absolute Gasteiger partial charge is 0.422 e. The molecule has 1 aromatic heterocycles. The molecule has 0 spiro atoms. The van der Waals surface area contributed by atoms with Gasteiger partial charge in [-0.1, -0.05) is 0 Å². The molecule has 0 aliphatic rings. The van der Waals surface area contributed by atoms with E-state index in [-0.39, 0.29) is 0 Å². The van der Waals surface area contributed by atoms with E-state index in [4.69, 9.17) is 5.26 Å². The zero-order chi connectivity index (χ0) is 13.2. The summed E-state index contributed by atoms with van der Waals surface area (Å²) in [5.74, 6) is 0. The second-order valence-electron chi connectivity index (χ2n) is 3.07. The van der Waals surface area contributed by atoms with Crippen LogP contribution in [0.1, 0.15) is 23.1 Å². The summed E-state index contributed by atoms with van der Waals surface area (Å²) < 4.78 is 62.5. The van der Waals surface area contributed by atoms with Gasteiger partial charge in [0.15, 0.2) is 0 Å². The fourth-order valence-electron chi connectivity index (χ4n) is 1.35. The van der Waals surface area contributed by atoms with Gasteiger partial charge < -0.3 is 4.98 Å². The van der Waals surface area contributed by atoms with Gasteiger partial charge in [-0.2, -0.15) is 18.4 Å². The maximum Gasteiger partial charge on any atom is 0.422 e. The maximum atomic E-state index is 12.6. The molecule has 0 aromatic carbocycles. The SMILES string of the molecule is N#CCc1c[nH]c(=O)c(C(F)(F)F)c1C(F)F. The summed E-state index contributed by atoms with van der Waals surface area (Å²) in [6.45, 7) is 0. The van der Waals surface area contributed by atoms with Gasteiger partial charge in [-0.25, -0.2) is 8.78 Å². The van der Waals surface area contributed by atoms with Gasteiger partial charge in [0.05, 0.1) is 12.5 Å². The minimum atomic E-state index is -5.19. The third kappa shape index (κ3) is 2.61. The van der Waals surface area contributed by atoms with Crippen LogP contribution >= 0.6 is 0 Å². The van der Waals surface area contributed by atoms with Gasteiger partial charge in [0.1, 0.15) is 5.56 Å². The maximum absolute atomic E-state index is 12.6. The van der Waals surface area contributed by atoms with Crippen molar-refractivity contribution in [3.05, 3.63) is 33.2 Å². The van der Waals surface area contributed by atoms with E-state index in [9.17, 15) is 26.7 Å². The zero-order valence-corrected chi connectivity index (χ0v) is 8.11. The van der Waals surface area contributed by atoms with Crippen molar-refractivity contribution < 1.29 is 22.0 Å². The number of rotatable bonds is 2. The second-order valence-corrected chi connectivity index (χ2v) is 3.07. The Morgan fingerprint density at radius 2 is 2.00 bits per heavy atom. The van der Waals surface area contributed by atoms with E-state index in [0.717, 1.165) is 0 Å². The molecule has 8 heteroatoms. The molecule has 0 aliphatic heterocycles. The first-order valence-corrected chi connectivity index (χ1v) is 4.25. The van der Waals surface area contributed by atoms with Crippen LogP contribution in [-0.4, -0.2) is 4.98 Å². The molecule has 1 rings (SSSR count). The molecule has 0 unspecified atom stereocenters. The Balaban J connectivity index is 3.62. The number of nitriles is 1. The number of nitrogens with zero attached hydrogens (tertiary/aromatic N) is 1. The van der Waals surface area contributed by atoms with Crippen molar-refractivity contribution in [2.45, 2.75) is 19.0 Å². The lowest BCUT2D eigenvalue weighted by molar-refractivity contribution is -0.140. The quantitative estimate of drug-likeness (QED) is 0.821. The fraction of sp³-hybridized carbons (Fsp3) is 0.333. The van der Waals surface area contributed by atoms with E-state index < -0.39 is 41.3 Å². The molecule has 17 heavy (non-hydrogen) atoms. The van der Waals surface area contributed by atoms with Crippen molar-refractivity contribution in [2.24, 2.45) is 0 Å². The van der Waals surface area contributed by atoms with Crippen molar-refractivity contribution in [2.75, 3.05) is 0 Å². The van der Waals surface area contributed by atoms with Gasteiger partial charge in [0, 0.05) is 11.8 Å². The van der Waals surface area contributed by atoms with E-state index in [0.29, 0.717) is 6.20 Å². The first kappa shape index (κ1) is 13.2. The molecule has 0 fully saturated rings. The molecular weight excluding hydrogens is 247 g/mol. The van der Waals surface area contributed by atoms with Crippen LogP contribution in [0.5, 0.6) is 0 Å². The summed E-state index contributed by atoms with van der Waals surface area (Å²) in [7, 11) is 0. The third-order valence-electron chi connectivity index (χ3n) is 1.99. The Morgan fingerprint density at radius 1 is 1.41 bits per heavy atom. The number of H-pyrrole nitrogens is 1. The lowest BCUT2D eigenvalue weighted by atomic mass is 10.0. The van der Waals surface area contributed by atoms with Crippen LogP contribution in [0.15, 0.2) is 11.0 Å². The number of aromatic amines is 1. The van der Waals surface area contributed by atoms with Gasteiger partial charge in [0.25, 0.3) is 12.0 Å². The van der Waals surface area contributed by atoms with Crippen LogP contribution < -0.4 is 5.56 Å². The van der Waals surface area contributed by atoms with Crippen molar-refractivity contribution in [1.29, 1.82) is 5.26 Å². The van der Waals surface area contributed by atoms with Crippen molar-refractivity contribution >= 4 is 0 Å². The summed E-state index contributed by atoms with van der Waals surface area (Å²) in [4.78, 5) is 12.7. The number of alkyl halides is 5. The molecule has 0 saturated heterocycles. The van der Waals surface area contributed by atoms with Crippen LogP contribution in [0.4, 0.5) is 22.0 Å². The normalized spacial score (nSPS) is 11.6. The average molecular weight is 252 g/mol.